The molecule has 2 unspecified atom stereocenters. The highest BCUT2D eigenvalue weighted by molar-refractivity contribution is 5.75. The van der Waals surface area contributed by atoms with Crippen LogP contribution in [-0.4, -0.2) is 11.1 Å². The van der Waals surface area contributed by atoms with E-state index in [4.69, 9.17) is 5.11 Å². The van der Waals surface area contributed by atoms with Crippen molar-refractivity contribution in [3.8, 4) is 0 Å². The quantitative estimate of drug-likeness (QED) is 0.794. The minimum Gasteiger partial charge on any atom is -0.481 e. The van der Waals surface area contributed by atoms with Crippen LogP contribution in [0, 0.1) is 5.92 Å². The SMILES string of the molecule is CCc1ccccc1C1CC1C(=O)O. The molecule has 0 spiro atoms. The van der Waals surface area contributed by atoms with Gasteiger partial charge in [-0.25, -0.2) is 0 Å². The van der Waals surface area contributed by atoms with Crippen LogP contribution in [0.15, 0.2) is 24.3 Å². The van der Waals surface area contributed by atoms with Crippen molar-refractivity contribution >= 4 is 5.97 Å². The lowest BCUT2D eigenvalue weighted by Crippen LogP contribution is -2.00. The lowest BCUT2D eigenvalue weighted by Gasteiger charge is -2.05. The predicted molar refractivity (Wildman–Crippen MR) is 54.3 cm³/mol. The largest absolute Gasteiger partial charge is 0.481 e. The van der Waals surface area contributed by atoms with Gasteiger partial charge in [0, 0.05) is 0 Å². The number of benzene rings is 1. The Hall–Kier alpha value is -1.31. The van der Waals surface area contributed by atoms with Crippen LogP contribution in [0.5, 0.6) is 0 Å². The molecule has 0 heterocycles. The van der Waals surface area contributed by atoms with Crippen LogP contribution in [0.25, 0.3) is 0 Å². The van der Waals surface area contributed by atoms with Gasteiger partial charge in [0.2, 0.25) is 0 Å². The van der Waals surface area contributed by atoms with Gasteiger partial charge in [0.1, 0.15) is 0 Å². The molecule has 0 radical (unpaired) electrons. The first kappa shape index (κ1) is 9.25. The highest BCUT2D eigenvalue weighted by Crippen LogP contribution is 2.48. The first-order valence-corrected chi connectivity index (χ1v) is 5.04. The molecule has 0 saturated heterocycles. The third kappa shape index (κ3) is 1.52. The third-order valence-corrected chi connectivity index (χ3v) is 2.94. The third-order valence-electron chi connectivity index (χ3n) is 2.94. The average Bonchev–Trinajstić information content (AvgIpc) is 2.97. The highest BCUT2D eigenvalue weighted by atomic mass is 16.4. The van der Waals surface area contributed by atoms with Gasteiger partial charge < -0.3 is 5.11 Å². The number of carboxylic acid groups (broad SMARTS) is 1. The maximum Gasteiger partial charge on any atom is 0.307 e. The number of aryl methyl sites for hydroxylation is 1. The second-order valence-corrected chi connectivity index (χ2v) is 3.84. The lowest BCUT2D eigenvalue weighted by atomic mass is 10.0. The van der Waals surface area contributed by atoms with Crippen molar-refractivity contribution in [3.05, 3.63) is 35.4 Å². The Morgan fingerprint density at radius 3 is 2.79 bits per heavy atom. The maximum atomic E-state index is 10.7. The predicted octanol–water partition coefficient (Wildman–Crippen LogP) is 2.44. The Labute approximate surface area is 83.6 Å². The first-order chi connectivity index (χ1) is 6.74. The molecule has 0 aliphatic heterocycles. The summed E-state index contributed by atoms with van der Waals surface area (Å²) in [6, 6.07) is 8.16. The van der Waals surface area contributed by atoms with Gasteiger partial charge in [-0.2, -0.15) is 0 Å². The van der Waals surface area contributed by atoms with Crippen LogP contribution in [0.3, 0.4) is 0 Å². The van der Waals surface area contributed by atoms with E-state index in [1.54, 1.807) is 0 Å². The van der Waals surface area contributed by atoms with Gasteiger partial charge in [-0.1, -0.05) is 31.2 Å². The molecule has 2 nitrogen and oxygen atoms in total. The van der Waals surface area contributed by atoms with Crippen LogP contribution in [0.2, 0.25) is 0 Å². The smallest absolute Gasteiger partial charge is 0.307 e. The minimum absolute atomic E-state index is 0.136. The van der Waals surface area contributed by atoms with Crippen molar-refractivity contribution in [2.45, 2.75) is 25.7 Å². The van der Waals surface area contributed by atoms with Gasteiger partial charge in [-0.15, -0.1) is 0 Å². The van der Waals surface area contributed by atoms with Gasteiger partial charge in [0.15, 0.2) is 0 Å². The molecular weight excluding hydrogens is 176 g/mol. The van der Waals surface area contributed by atoms with E-state index >= 15 is 0 Å². The van der Waals surface area contributed by atoms with Crippen LogP contribution in [0.4, 0.5) is 0 Å². The molecule has 1 aromatic carbocycles. The van der Waals surface area contributed by atoms with Crippen LogP contribution < -0.4 is 0 Å². The number of carboxylic acids is 1. The Morgan fingerprint density at radius 1 is 1.50 bits per heavy atom. The molecule has 0 amide bonds. The normalized spacial score (nSPS) is 24.6. The summed E-state index contributed by atoms with van der Waals surface area (Å²) in [5.41, 5.74) is 2.53. The molecule has 74 valence electrons. The molecule has 2 heteroatoms. The first-order valence-electron chi connectivity index (χ1n) is 5.04. The fourth-order valence-electron chi connectivity index (χ4n) is 2.03. The fourth-order valence-corrected chi connectivity index (χ4v) is 2.03. The topological polar surface area (TPSA) is 37.3 Å². The molecule has 1 aromatic rings. The van der Waals surface area contributed by atoms with Crippen molar-refractivity contribution in [1.82, 2.24) is 0 Å². The molecule has 0 aromatic heterocycles. The Kier molecular flexibility index (Phi) is 2.28. The van der Waals surface area contributed by atoms with Crippen molar-refractivity contribution in [2.75, 3.05) is 0 Å². The van der Waals surface area contributed by atoms with Gasteiger partial charge >= 0.3 is 5.97 Å². The van der Waals surface area contributed by atoms with Gasteiger partial charge in [0.25, 0.3) is 0 Å². The van der Waals surface area contributed by atoms with Gasteiger partial charge in [0.05, 0.1) is 5.92 Å². The highest BCUT2D eigenvalue weighted by Gasteiger charge is 2.44. The number of rotatable bonds is 3. The molecule has 14 heavy (non-hydrogen) atoms. The summed E-state index contributed by atoms with van der Waals surface area (Å²) >= 11 is 0. The zero-order chi connectivity index (χ0) is 10.1. The van der Waals surface area contributed by atoms with E-state index in [0.29, 0.717) is 0 Å². The zero-order valence-electron chi connectivity index (χ0n) is 8.23. The van der Waals surface area contributed by atoms with Gasteiger partial charge in [-0.05, 0) is 29.9 Å². The van der Waals surface area contributed by atoms with Crippen molar-refractivity contribution in [3.63, 3.8) is 0 Å². The second kappa shape index (κ2) is 3.45. The number of hydrogen-bond donors (Lipinski definition) is 1. The monoisotopic (exact) mass is 190 g/mol. The van der Waals surface area contributed by atoms with E-state index in [-0.39, 0.29) is 11.8 Å². The van der Waals surface area contributed by atoms with E-state index in [0.717, 1.165) is 12.8 Å². The molecule has 1 fully saturated rings. The van der Waals surface area contributed by atoms with Crippen molar-refractivity contribution in [2.24, 2.45) is 5.92 Å². The molecule has 1 saturated carbocycles. The molecule has 2 atom stereocenters. The Bertz CT molecular complexity index is 357. The van der Waals surface area contributed by atoms with E-state index in [1.807, 2.05) is 12.1 Å². The Balaban J connectivity index is 2.22. The summed E-state index contributed by atoms with van der Waals surface area (Å²) in [4.78, 5) is 10.7. The fraction of sp³-hybridized carbons (Fsp3) is 0.417. The van der Waals surface area contributed by atoms with E-state index < -0.39 is 5.97 Å². The summed E-state index contributed by atoms with van der Waals surface area (Å²) in [5, 5.41) is 8.85. The molecule has 0 bridgehead atoms. The standard InChI is InChI=1S/C12H14O2/c1-2-8-5-3-4-6-9(8)10-7-11(10)12(13)14/h3-6,10-11H,2,7H2,1H3,(H,13,14). The Morgan fingerprint density at radius 2 is 2.21 bits per heavy atom. The molecule has 1 N–H and O–H groups in total. The summed E-state index contributed by atoms with van der Waals surface area (Å²) < 4.78 is 0. The van der Waals surface area contributed by atoms with Crippen molar-refractivity contribution in [1.29, 1.82) is 0 Å². The van der Waals surface area contributed by atoms with E-state index in [1.165, 1.54) is 11.1 Å². The summed E-state index contributed by atoms with van der Waals surface area (Å²) in [6.45, 7) is 2.11. The van der Waals surface area contributed by atoms with E-state index in [2.05, 4.69) is 19.1 Å². The minimum atomic E-state index is -0.652. The van der Waals surface area contributed by atoms with Crippen LogP contribution >= 0.6 is 0 Å². The summed E-state index contributed by atoms with van der Waals surface area (Å²) in [6.07, 6.45) is 1.80. The average molecular weight is 190 g/mol. The molecular formula is C12H14O2. The zero-order valence-corrected chi connectivity index (χ0v) is 8.23. The van der Waals surface area contributed by atoms with Crippen LogP contribution in [0.1, 0.15) is 30.4 Å². The summed E-state index contributed by atoms with van der Waals surface area (Å²) in [7, 11) is 0. The molecule has 1 aliphatic rings. The summed E-state index contributed by atoms with van der Waals surface area (Å²) in [5.74, 6) is -0.521. The van der Waals surface area contributed by atoms with Gasteiger partial charge in [-0.3, -0.25) is 4.79 Å². The maximum absolute atomic E-state index is 10.7. The number of hydrogen-bond acceptors (Lipinski definition) is 1. The number of carbonyl (C=O) groups is 1. The molecule has 1 aliphatic carbocycles. The molecule has 2 rings (SSSR count). The number of aliphatic carboxylic acids is 1. The van der Waals surface area contributed by atoms with Crippen LogP contribution in [-0.2, 0) is 11.2 Å². The van der Waals surface area contributed by atoms with E-state index in [9.17, 15) is 4.79 Å². The lowest BCUT2D eigenvalue weighted by molar-refractivity contribution is -0.138. The second-order valence-electron chi connectivity index (χ2n) is 3.84. The van der Waals surface area contributed by atoms with Crippen molar-refractivity contribution < 1.29 is 9.90 Å².